The maximum absolute atomic E-state index is 2.33. The van der Waals surface area contributed by atoms with E-state index in [9.17, 15) is 0 Å². The van der Waals surface area contributed by atoms with Gasteiger partial charge in [0.1, 0.15) is 0 Å². The third-order valence-corrected chi connectivity index (χ3v) is 2.50. The smallest absolute Gasteiger partial charge is 0.000912 e. The van der Waals surface area contributed by atoms with Crippen LogP contribution >= 0.6 is 0 Å². The molecule has 1 rings (SSSR count). The average molecular weight is 175 g/mol. The minimum Gasteiger partial charge on any atom is -0.0613 e. The molecule has 0 heterocycles. The molecule has 0 heteroatoms. The lowest BCUT2D eigenvalue weighted by atomic mass is 9.93. The first kappa shape index (κ1) is 10.3. The highest BCUT2D eigenvalue weighted by atomic mass is 14.1. The zero-order valence-electron chi connectivity index (χ0n) is 9.15. The Morgan fingerprint density at radius 1 is 1.08 bits per heavy atom. The highest BCUT2D eigenvalue weighted by Crippen LogP contribution is 2.21. The van der Waals surface area contributed by atoms with E-state index in [1.807, 2.05) is 0 Å². The highest BCUT2D eigenvalue weighted by Gasteiger charge is 2.05. The topological polar surface area (TPSA) is 0 Å². The van der Waals surface area contributed by atoms with Crippen LogP contribution in [0.5, 0.6) is 0 Å². The van der Waals surface area contributed by atoms with Crippen molar-refractivity contribution in [2.24, 2.45) is 0 Å². The summed E-state index contributed by atoms with van der Waals surface area (Å²) in [6, 6.07) is 6.83. The lowest BCUT2D eigenvalue weighted by Crippen LogP contribution is -1.97. The summed E-state index contributed by atoms with van der Waals surface area (Å²) in [7, 11) is 0. The van der Waals surface area contributed by atoms with Crippen molar-refractivity contribution in [2.75, 3.05) is 0 Å². The fourth-order valence-electron chi connectivity index (χ4n) is 1.62. The minimum absolute atomic E-state index is 1.13. The first-order valence-electron chi connectivity index (χ1n) is 5.11. The van der Waals surface area contributed by atoms with Crippen molar-refractivity contribution in [3.8, 4) is 0 Å². The molecule has 1 radical (unpaired) electrons. The van der Waals surface area contributed by atoms with Crippen LogP contribution in [0.4, 0.5) is 0 Å². The van der Waals surface area contributed by atoms with Crippen molar-refractivity contribution in [2.45, 2.75) is 40.5 Å². The second kappa shape index (κ2) is 4.45. The first-order chi connectivity index (χ1) is 6.19. The summed E-state index contributed by atoms with van der Waals surface area (Å²) in [5.41, 5.74) is 4.35. The van der Waals surface area contributed by atoms with Crippen LogP contribution in [0.1, 0.15) is 44.4 Å². The van der Waals surface area contributed by atoms with Crippen LogP contribution in [-0.2, 0) is 12.8 Å². The van der Waals surface area contributed by atoms with Gasteiger partial charge in [-0.1, -0.05) is 45.9 Å². The SMILES string of the molecule is CCc1ccc(CC)c([C](C)C)c1. The molecule has 0 amide bonds. The molecular formula is C13H19. The number of hydrogen-bond acceptors (Lipinski definition) is 0. The van der Waals surface area contributed by atoms with Crippen LogP contribution < -0.4 is 0 Å². The zero-order valence-corrected chi connectivity index (χ0v) is 9.15. The Balaban J connectivity index is 3.10. The van der Waals surface area contributed by atoms with Crippen LogP contribution in [0, 0.1) is 5.92 Å². The van der Waals surface area contributed by atoms with E-state index < -0.39 is 0 Å². The van der Waals surface area contributed by atoms with E-state index in [1.54, 1.807) is 0 Å². The Hall–Kier alpha value is -0.780. The standard InChI is InChI=1S/C13H19/c1-5-11-7-8-12(6-2)13(9-11)10(3)4/h7-9H,5-6H2,1-4H3. The van der Waals surface area contributed by atoms with Crippen LogP contribution in [0.2, 0.25) is 0 Å². The molecule has 0 unspecified atom stereocenters. The van der Waals surface area contributed by atoms with Crippen molar-refractivity contribution in [1.82, 2.24) is 0 Å². The summed E-state index contributed by atoms with van der Waals surface area (Å²) in [6.07, 6.45) is 2.26. The summed E-state index contributed by atoms with van der Waals surface area (Å²) in [4.78, 5) is 0. The molecule has 0 fully saturated rings. The Kier molecular flexibility index (Phi) is 3.53. The van der Waals surface area contributed by atoms with E-state index in [0.717, 1.165) is 12.8 Å². The summed E-state index contributed by atoms with van der Waals surface area (Å²) in [6.45, 7) is 8.80. The summed E-state index contributed by atoms with van der Waals surface area (Å²) in [5.74, 6) is 1.42. The van der Waals surface area contributed by atoms with Gasteiger partial charge in [0.05, 0.1) is 0 Å². The molecular weight excluding hydrogens is 156 g/mol. The number of hydrogen-bond donors (Lipinski definition) is 0. The van der Waals surface area contributed by atoms with Gasteiger partial charge in [-0.05, 0) is 35.4 Å². The van der Waals surface area contributed by atoms with Gasteiger partial charge in [-0.15, -0.1) is 0 Å². The van der Waals surface area contributed by atoms with Gasteiger partial charge in [0.2, 0.25) is 0 Å². The van der Waals surface area contributed by atoms with Gasteiger partial charge in [0.25, 0.3) is 0 Å². The normalized spacial score (nSPS) is 10.8. The molecule has 1 aromatic carbocycles. The number of benzene rings is 1. The van der Waals surface area contributed by atoms with Gasteiger partial charge in [0, 0.05) is 0 Å². The van der Waals surface area contributed by atoms with E-state index >= 15 is 0 Å². The molecule has 0 aliphatic rings. The van der Waals surface area contributed by atoms with Gasteiger partial charge in [0.15, 0.2) is 0 Å². The molecule has 0 saturated heterocycles. The molecule has 0 aromatic heterocycles. The molecule has 0 nitrogen and oxygen atoms in total. The predicted octanol–water partition coefficient (Wildman–Crippen LogP) is 3.77. The molecule has 0 spiro atoms. The van der Waals surface area contributed by atoms with E-state index in [1.165, 1.54) is 22.6 Å². The molecule has 0 aliphatic carbocycles. The summed E-state index contributed by atoms with van der Waals surface area (Å²) in [5, 5.41) is 0. The summed E-state index contributed by atoms with van der Waals surface area (Å²) >= 11 is 0. The summed E-state index contributed by atoms with van der Waals surface area (Å²) < 4.78 is 0. The number of aryl methyl sites for hydroxylation is 2. The predicted molar refractivity (Wildman–Crippen MR) is 58.9 cm³/mol. The Morgan fingerprint density at radius 2 is 1.77 bits per heavy atom. The minimum atomic E-state index is 1.13. The van der Waals surface area contributed by atoms with Crippen molar-refractivity contribution < 1.29 is 0 Å². The fourth-order valence-corrected chi connectivity index (χ4v) is 1.62. The third kappa shape index (κ3) is 2.33. The first-order valence-corrected chi connectivity index (χ1v) is 5.11. The maximum atomic E-state index is 2.33. The molecule has 0 atom stereocenters. The maximum Gasteiger partial charge on any atom is -0.000912 e. The Bertz CT molecular complexity index is 271. The Morgan fingerprint density at radius 3 is 2.23 bits per heavy atom. The van der Waals surface area contributed by atoms with Crippen molar-refractivity contribution >= 4 is 0 Å². The van der Waals surface area contributed by atoms with Crippen molar-refractivity contribution in [1.29, 1.82) is 0 Å². The third-order valence-electron chi connectivity index (χ3n) is 2.50. The van der Waals surface area contributed by atoms with Crippen LogP contribution in [-0.4, -0.2) is 0 Å². The highest BCUT2D eigenvalue weighted by molar-refractivity contribution is 5.40. The lowest BCUT2D eigenvalue weighted by molar-refractivity contribution is 1.03. The van der Waals surface area contributed by atoms with E-state index in [2.05, 4.69) is 45.9 Å². The van der Waals surface area contributed by atoms with E-state index in [0.29, 0.717) is 0 Å². The molecule has 13 heavy (non-hydrogen) atoms. The van der Waals surface area contributed by atoms with Gasteiger partial charge in [-0.3, -0.25) is 0 Å². The quantitative estimate of drug-likeness (QED) is 0.656. The van der Waals surface area contributed by atoms with Gasteiger partial charge in [-0.2, -0.15) is 0 Å². The molecule has 0 bridgehead atoms. The average Bonchev–Trinajstić information content (AvgIpc) is 2.16. The second-order valence-electron chi connectivity index (χ2n) is 3.70. The zero-order chi connectivity index (χ0) is 9.84. The van der Waals surface area contributed by atoms with Gasteiger partial charge >= 0.3 is 0 Å². The lowest BCUT2D eigenvalue weighted by Gasteiger charge is -2.12. The molecule has 0 saturated carbocycles. The van der Waals surface area contributed by atoms with Gasteiger partial charge in [-0.25, -0.2) is 0 Å². The molecule has 0 N–H and O–H groups in total. The van der Waals surface area contributed by atoms with E-state index in [4.69, 9.17) is 0 Å². The molecule has 1 aromatic rings. The van der Waals surface area contributed by atoms with Crippen molar-refractivity contribution in [3.05, 3.63) is 40.8 Å². The van der Waals surface area contributed by atoms with Crippen LogP contribution in [0.15, 0.2) is 18.2 Å². The monoisotopic (exact) mass is 175 g/mol. The largest absolute Gasteiger partial charge is 0.0613 e. The van der Waals surface area contributed by atoms with Gasteiger partial charge < -0.3 is 0 Å². The van der Waals surface area contributed by atoms with Crippen LogP contribution in [0.3, 0.4) is 0 Å². The molecule has 71 valence electrons. The van der Waals surface area contributed by atoms with Crippen molar-refractivity contribution in [3.63, 3.8) is 0 Å². The number of rotatable bonds is 3. The fraction of sp³-hybridized carbons (Fsp3) is 0.462. The van der Waals surface area contributed by atoms with E-state index in [-0.39, 0.29) is 0 Å². The second-order valence-corrected chi connectivity index (χ2v) is 3.70. The van der Waals surface area contributed by atoms with Crippen LogP contribution in [0.25, 0.3) is 0 Å². The molecule has 0 aliphatic heterocycles. The Labute approximate surface area is 82.0 Å².